The van der Waals surface area contributed by atoms with Crippen LogP contribution >= 0.6 is 0 Å². The number of nitrogens with zero attached hydrogens (tertiary/aromatic N) is 5. The number of aryl methyl sites for hydroxylation is 1. The fourth-order valence-corrected chi connectivity index (χ4v) is 5.34. The Balaban J connectivity index is 1.09. The van der Waals surface area contributed by atoms with E-state index >= 15 is 0 Å². The number of nitrogens with one attached hydrogen (secondary N) is 1. The number of aliphatic hydroxyl groups excluding tert-OH is 1. The molecular weight excluding hydrogens is 436 g/mol. The molecule has 0 bridgehead atoms. The summed E-state index contributed by atoms with van der Waals surface area (Å²) in [5, 5.41) is 18.7. The van der Waals surface area contributed by atoms with E-state index < -0.39 is 0 Å². The van der Waals surface area contributed by atoms with Crippen molar-refractivity contribution in [3.8, 4) is 5.69 Å². The van der Waals surface area contributed by atoms with Gasteiger partial charge >= 0.3 is 0 Å². The van der Waals surface area contributed by atoms with E-state index in [1.165, 1.54) is 54.4 Å². The highest BCUT2D eigenvalue weighted by atomic mass is 16.3. The summed E-state index contributed by atoms with van der Waals surface area (Å²) in [5.41, 5.74) is 4.98. The van der Waals surface area contributed by atoms with Crippen LogP contribution in [0.4, 0.5) is 0 Å². The van der Waals surface area contributed by atoms with Crippen LogP contribution in [-0.4, -0.2) is 74.0 Å². The van der Waals surface area contributed by atoms with Crippen LogP contribution < -0.4 is 0 Å². The average molecular weight is 473 g/mol. The van der Waals surface area contributed by atoms with Crippen LogP contribution in [0.3, 0.4) is 0 Å². The van der Waals surface area contributed by atoms with E-state index in [9.17, 15) is 5.11 Å². The van der Waals surface area contributed by atoms with Gasteiger partial charge in [-0.25, -0.2) is 0 Å². The van der Waals surface area contributed by atoms with Crippen LogP contribution in [0.15, 0.2) is 67.4 Å². The van der Waals surface area contributed by atoms with Gasteiger partial charge in [-0.05, 0) is 80.6 Å². The molecule has 0 amide bonds. The maximum atomic E-state index is 9.53. The maximum Gasteiger partial charge on any atom is 0.123 e. The lowest BCUT2D eigenvalue weighted by Gasteiger charge is -2.35. The molecule has 0 unspecified atom stereocenters. The van der Waals surface area contributed by atoms with E-state index in [1.807, 2.05) is 4.57 Å². The number of fused-ring (bicyclic) bond motifs is 1. The van der Waals surface area contributed by atoms with Gasteiger partial charge in [-0.15, -0.1) is 10.2 Å². The number of hydrogen-bond acceptors (Lipinski definition) is 5. The molecule has 0 saturated carbocycles. The second kappa shape index (κ2) is 11.6. The molecule has 7 nitrogen and oxygen atoms in total. The molecular formula is C28H36N6O. The molecule has 2 aromatic heterocycles. The Labute approximate surface area is 207 Å². The zero-order valence-electron chi connectivity index (χ0n) is 20.4. The minimum absolute atomic E-state index is 0.222. The lowest BCUT2D eigenvalue weighted by molar-refractivity contribution is 0.123. The number of likely N-dealkylation sites (tertiary alicyclic amines) is 1. The van der Waals surface area contributed by atoms with Gasteiger partial charge in [0.2, 0.25) is 0 Å². The summed E-state index contributed by atoms with van der Waals surface area (Å²) in [7, 11) is 0. The van der Waals surface area contributed by atoms with Gasteiger partial charge in [-0.3, -0.25) is 9.47 Å². The first kappa shape index (κ1) is 23.7. The molecule has 4 aromatic rings. The second-order valence-corrected chi connectivity index (χ2v) is 9.75. The first-order valence-corrected chi connectivity index (χ1v) is 12.8. The number of H-pyrrole nitrogens is 1. The van der Waals surface area contributed by atoms with Gasteiger partial charge in [0.25, 0.3) is 0 Å². The Hall–Kier alpha value is -3.00. The number of rotatable bonds is 11. The molecule has 0 radical (unpaired) electrons. The van der Waals surface area contributed by atoms with Crippen molar-refractivity contribution < 1.29 is 5.11 Å². The third kappa shape index (κ3) is 6.17. The number of aromatic amines is 1. The molecule has 3 heterocycles. The maximum absolute atomic E-state index is 9.53. The smallest absolute Gasteiger partial charge is 0.123 e. The molecule has 2 N–H and O–H groups in total. The van der Waals surface area contributed by atoms with E-state index in [2.05, 4.69) is 79.7 Å². The highest BCUT2D eigenvalue weighted by molar-refractivity contribution is 5.85. The van der Waals surface area contributed by atoms with Crippen molar-refractivity contribution in [2.45, 2.75) is 32.2 Å². The average Bonchev–Trinajstić information content (AvgIpc) is 3.56. The molecule has 1 fully saturated rings. The Kier molecular flexibility index (Phi) is 7.88. The number of hydrogen-bond donors (Lipinski definition) is 2. The highest BCUT2D eigenvalue weighted by Gasteiger charge is 2.21. The molecule has 0 spiro atoms. The van der Waals surface area contributed by atoms with Gasteiger partial charge in [0.05, 0.1) is 6.61 Å². The predicted octanol–water partition coefficient (Wildman–Crippen LogP) is 3.89. The molecule has 0 atom stereocenters. The van der Waals surface area contributed by atoms with E-state index in [4.69, 9.17) is 0 Å². The van der Waals surface area contributed by atoms with Gasteiger partial charge in [-0.2, -0.15) is 0 Å². The summed E-state index contributed by atoms with van der Waals surface area (Å²) in [4.78, 5) is 8.47. The molecule has 0 aliphatic carbocycles. The summed E-state index contributed by atoms with van der Waals surface area (Å²) >= 11 is 0. The number of aromatic nitrogens is 4. The number of aliphatic hydroxyl groups is 1. The second-order valence-electron chi connectivity index (χ2n) is 9.75. The molecule has 1 saturated heterocycles. The van der Waals surface area contributed by atoms with Crippen molar-refractivity contribution in [1.29, 1.82) is 0 Å². The largest absolute Gasteiger partial charge is 0.395 e. The summed E-state index contributed by atoms with van der Waals surface area (Å²) in [5.74, 6) is 0.714. The molecule has 2 aromatic carbocycles. The van der Waals surface area contributed by atoms with Gasteiger partial charge in [-0.1, -0.05) is 30.3 Å². The van der Waals surface area contributed by atoms with Gasteiger partial charge < -0.3 is 15.0 Å². The lowest BCUT2D eigenvalue weighted by Crippen LogP contribution is -2.39. The van der Waals surface area contributed by atoms with Crippen molar-refractivity contribution in [3.05, 3.63) is 78.5 Å². The third-order valence-corrected chi connectivity index (χ3v) is 7.28. The Morgan fingerprint density at radius 1 is 1.03 bits per heavy atom. The molecule has 35 heavy (non-hydrogen) atoms. The Morgan fingerprint density at radius 3 is 2.60 bits per heavy atom. The number of piperidine rings is 1. The normalized spacial score (nSPS) is 15.4. The first-order valence-electron chi connectivity index (χ1n) is 12.8. The number of benzene rings is 2. The van der Waals surface area contributed by atoms with Crippen LogP contribution in [-0.2, 0) is 13.0 Å². The Bertz CT molecular complexity index is 1160. The van der Waals surface area contributed by atoms with Crippen LogP contribution in [0.25, 0.3) is 16.6 Å². The highest BCUT2D eigenvalue weighted by Crippen LogP contribution is 2.24. The molecule has 1 aliphatic heterocycles. The molecule has 184 valence electrons. The molecule has 7 heteroatoms. The summed E-state index contributed by atoms with van der Waals surface area (Å²) in [6, 6.07) is 17.1. The van der Waals surface area contributed by atoms with Crippen molar-refractivity contribution in [1.82, 2.24) is 29.5 Å². The monoisotopic (exact) mass is 472 g/mol. The van der Waals surface area contributed by atoms with Crippen molar-refractivity contribution in [2.75, 3.05) is 39.3 Å². The minimum Gasteiger partial charge on any atom is -0.395 e. The summed E-state index contributed by atoms with van der Waals surface area (Å²) in [6.07, 6.45) is 10.4. The standard InChI is InChI=1S/C28H36N6O/c35-16-15-33(19-23-5-2-1-3-6-23)20-24-10-13-32(14-11-24)12-4-7-25-18-29-28-9-8-26(17-27(25)28)34-21-30-31-22-34/h1-3,5-6,8-9,17-18,21-22,24,29,35H,4,7,10-16,19-20H2. The van der Waals surface area contributed by atoms with Gasteiger partial charge in [0.15, 0.2) is 0 Å². The summed E-state index contributed by atoms with van der Waals surface area (Å²) < 4.78 is 1.95. The van der Waals surface area contributed by atoms with Crippen LogP contribution in [0.2, 0.25) is 0 Å². The zero-order chi connectivity index (χ0) is 23.9. The van der Waals surface area contributed by atoms with E-state index in [0.29, 0.717) is 5.92 Å². The fourth-order valence-electron chi connectivity index (χ4n) is 5.34. The van der Waals surface area contributed by atoms with E-state index in [1.54, 1.807) is 12.7 Å². The molecule has 5 rings (SSSR count). The van der Waals surface area contributed by atoms with Gasteiger partial charge in [0, 0.05) is 42.4 Å². The van der Waals surface area contributed by atoms with E-state index in [-0.39, 0.29) is 6.61 Å². The first-order chi connectivity index (χ1) is 17.3. The van der Waals surface area contributed by atoms with Crippen LogP contribution in [0.5, 0.6) is 0 Å². The zero-order valence-corrected chi connectivity index (χ0v) is 20.4. The van der Waals surface area contributed by atoms with E-state index in [0.717, 1.165) is 38.3 Å². The SMILES string of the molecule is OCCN(Cc1ccccc1)CC1CCN(CCCc2c[nH]c3ccc(-n4cnnc4)cc23)CC1. The quantitative estimate of drug-likeness (QED) is 0.347. The predicted molar refractivity (Wildman–Crippen MR) is 140 cm³/mol. The third-order valence-electron chi connectivity index (χ3n) is 7.28. The van der Waals surface area contributed by atoms with Crippen molar-refractivity contribution in [3.63, 3.8) is 0 Å². The molecule has 1 aliphatic rings. The van der Waals surface area contributed by atoms with Crippen LogP contribution in [0.1, 0.15) is 30.4 Å². The summed E-state index contributed by atoms with van der Waals surface area (Å²) in [6.45, 7) is 6.47. The van der Waals surface area contributed by atoms with Crippen molar-refractivity contribution >= 4 is 10.9 Å². The minimum atomic E-state index is 0.222. The van der Waals surface area contributed by atoms with Gasteiger partial charge in [0.1, 0.15) is 12.7 Å². The lowest BCUT2D eigenvalue weighted by atomic mass is 9.95. The van der Waals surface area contributed by atoms with Crippen LogP contribution in [0, 0.1) is 5.92 Å². The van der Waals surface area contributed by atoms with Crippen molar-refractivity contribution in [2.24, 2.45) is 5.92 Å². The fraction of sp³-hybridized carbons (Fsp3) is 0.429. The topological polar surface area (TPSA) is 73.2 Å². The Morgan fingerprint density at radius 2 is 1.83 bits per heavy atom.